The van der Waals surface area contributed by atoms with Crippen LogP contribution < -0.4 is 14.9 Å². The minimum absolute atomic E-state index is 0.000425. The standard InChI is InChI=1S/C30H16F6O5/c31-29(32,33)20-12-10-18(11-13-20)17-6-8-19(9-7-17)28(38)40-22-14-15-23-24(16-22)41-27(30(34,35)36)26(25(23)37)39-21-4-2-1-3-5-21/h1-16H. The minimum atomic E-state index is -5.07. The van der Waals surface area contributed by atoms with E-state index in [-0.39, 0.29) is 22.4 Å². The second-order valence-corrected chi connectivity index (χ2v) is 8.70. The summed E-state index contributed by atoms with van der Waals surface area (Å²) in [5, 5.41) is -0.232. The first-order valence-corrected chi connectivity index (χ1v) is 11.8. The zero-order valence-corrected chi connectivity index (χ0v) is 20.5. The third-order valence-electron chi connectivity index (χ3n) is 5.92. The maximum Gasteiger partial charge on any atom is 0.453 e. The molecule has 208 valence electrons. The molecule has 1 heterocycles. The maximum absolute atomic E-state index is 13.8. The van der Waals surface area contributed by atoms with Crippen LogP contribution in [-0.4, -0.2) is 5.97 Å². The van der Waals surface area contributed by atoms with Gasteiger partial charge in [-0.25, -0.2) is 4.79 Å². The molecule has 0 radical (unpaired) electrons. The van der Waals surface area contributed by atoms with Gasteiger partial charge in [0.25, 0.3) is 5.76 Å². The summed E-state index contributed by atoms with van der Waals surface area (Å²) in [5.41, 5.74) is -1.26. The molecule has 0 aliphatic heterocycles. The molecule has 4 aromatic carbocycles. The van der Waals surface area contributed by atoms with Crippen molar-refractivity contribution < 1.29 is 45.0 Å². The average molecular weight is 570 g/mol. The summed E-state index contributed by atoms with van der Waals surface area (Å²) in [7, 11) is 0. The number of fused-ring (bicyclic) bond motifs is 1. The van der Waals surface area contributed by atoms with Crippen molar-refractivity contribution in [2.75, 3.05) is 0 Å². The van der Waals surface area contributed by atoms with Gasteiger partial charge in [-0.05, 0) is 59.7 Å². The van der Waals surface area contributed by atoms with Crippen molar-refractivity contribution in [2.45, 2.75) is 12.4 Å². The fourth-order valence-corrected chi connectivity index (χ4v) is 3.92. The van der Waals surface area contributed by atoms with E-state index in [1.165, 1.54) is 66.7 Å². The average Bonchev–Trinajstić information content (AvgIpc) is 2.94. The molecule has 0 aliphatic carbocycles. The molecule has 0 saturated heterocycles. The van der Waals surface area contributed by atoms with E-state index in [1.54, 1.807) is 6.07 Å². The second kappa shape index (κ2) is 10.5. The number of carbonyl (C=O) groups is 1. The van der Waals surface area contributed by atoms with Gasteiger partial charge in [-0.3, -0.25) is 4.79 Å². The summed E-state index contributed by atoms with van der Waals surface area (Å²) >= 11 is 0. The highest BCUT2D eigenvalue weighted by Crippen LogP contribution is 2.39. The molecule has 0 saturated carbocycles. The highest BCUT2D eigenvalue weighted by Gasteiger charge is 2.40. The van der Waals surface area contributed by atoms with Gasteiger partial charge in [0.1, 0.15) is 17.1 Å². The van der Waals surface area contributed by atoms with Crippen LogP contribution in [0.25, 0.3) is 22.1 Å². The lowest BCUT2D eigenvalue weighted by atomic mass is 10.0. The monoisotopic (exact) mass is 570 g/mol. The van der Waals surface area contributed by atoms with Gasteiger partial charge in [0.2, 0.25) is 11.2 Å². The lowest BCUT2D eigenvalue weighted by Gasteiger charge is -2.13. The lowest BCUT2D eigenvalue weighted by Crippen LogP contribution is -2.15. The van der Waals surface area contributed by atoms with Gasteiger partial charge < -0.3 is 13.9 Å². The molecule has 0 fully saturated rings. The van der Waals surface area contributed by atoms with E-state index in [2.05, 4.69) is 0 Å². The van der Waals surface area contributed by atoms with Gasteiger partial charge in [-0.2, -0.15) is 26.3 Å². The Kier molecular flexibility index (Phi) is 7.04. The van der Waals surface area contributed by atoms with Gasteiger partial charge in [0, 0.05) is 6.07 Å². The molecule has 0 bridgehead atoms. The van der Waals surface area contributed by atoms with E-state index in [0.29, 0.717) is 11.1 Å². The number of hydrogen-bond acceptors (Lipinski definition) is 5. The Morgan fingerprint density at radius 2 is 1.29 bits per heavy atom. The van der Waals surface area contributed by atoms with E-state index in [0.717, 1.165) is 24.3 Å². The van der Waals surface area contributed by atoms with Crippen LogP contribution in [0.4, 0.5) is 26.3 Å². The third kappa shape index (κ3) is 5.93. The highest BCUT2D eigenvalue weighted by atomic mass is 19.4. The molecule has 0 aliphatic rings. The van der Waals surface area contributed by atoms with Crippen molar-refractivity contribution in [3.8, 4) is 28.4 Å². The van der Waals surface area contributed by atoms with Crippen LogP contribution in [0.5, 0.6) is 17.2 Å². The number of halogens is 6. The van der Waals surface area contributed by atoms with E-state index in [4.69, 9.17) is 13.9 Å². The number of rotatable bonds is 5. The SMILES string of the molecule is O=C(Oc1ccc2c(=O)c(Oc3ccccc3)c(C(F)(F)F)oc2c1)c1ccc(-c2ccc(C(F)(F)F)cc2)cc1. The van der Waals surface area contributed by atoms with Crippen molar-refractivity contribution >= 4 is 16.9 Å². The zero-order valence-electron chi connectivity index (χ0n) is 20.5. The number of alkyl halides is 6. The first-order chi connectivity index (χ1) is 19.4. The van der Waals surface area contributed by atoms with Crippen LogP contribution >= 0.6 is 0 Å². The third-order valence-corrected chi connectivity index (χ3v) is 5.92. The van der Waals surface area contributed by atoms with Crippen LogP contribution in [0.3, 0.4) is 0 Å². The molecule has 5 nitrogen and oxygen atoms in total. The van der Waals surface area contributed by atoms with Gasteiger partial charge in [0.15, 0.2) is 0 Å². The number of hydrogen-bond donors (Lipinski definition) is 0. The van der Waals surface area contributed by atoms with Crippen molar-refractivity contribution in [1.82, 2.24) is 0 Å². The smallest absolute Gasteiger partial charge is 0.449 e. The Bertz CT molecular complexity index is 1770. The van der Waals surface area contributed by atoms with E-state index in [1.807, 2.05) is 0 Å². The minimum Gasteiger partial charge on any atom is -0.449 e. The number of benzene rings is 4. The van der Waals surface area contributed by atoms with Gasteiger partial charge in [0.05, 0.1) is 16.5 Å². The van der Waals surface area contributed by atoms with Crippen molar-refractivity contribution in [3.63, 3.8) is 0 Å². The molecule has 0 N–H and O–H groups in total. The zero-order chi connectivity index (χ0) is 29.4. The van der Waals surface area contributed by atoms with Gasteiger partial charge in [-0.15, -0.1) is 0 Å². The van der Waals surface area contributed by atoms with Gasteiger partial charge >= 0.3 is 18.3 Å². The Labute approximate surface area is 227 Å². The Hall–Kier alpha value is -5.06. The molecule has 5 aromatic rings. The molecule has 11 heteroatoms. The van der Waals surface area contributed by atoms with Crippen molar-refractivity contribution in [3.05, 3.63) is 124 Å². The molecule has 0 spiro atoms. The maximum atomic E-state index is 13.8. The molecule has 0 amide bonds. The molecule has 1 aromatic heterocycles. The fourth-order valence-electron chi connectivity index (χ4n) is 3.92. The summed E-state index contributed by atoms with van der Waals surface area (Å²) in [6, 6.07) is 21.0. The number of ether oxygens (including phenoxy) is 2. The molecular formula is C30H16F6O5. The summed E-state index contributed by atoms with van der Waals surface area (Å²) < 4.78 is 95.2. The Morgan fingerprint density at radius 1 is 0.683 bits per heavy atom. The number of esters is 1. The molecule has 5 rings (SSSR count). The first kappa shape index (κ1) is 27.5. The van der Waals surface area contributed by atoms with Crippen LogP contribution in [-0.2, 0) is 12.4 Å². The summed E-state index contributed by atoms with van der Waals surface area (Å²) in [5.74, 6) is -3.75. The van der Waals surface area contributed by atoms with Crippen LogP contribution in [0.2, 0.25) is 0 Å². The normalized spacial score (nSPS) is 11.9. The Morgan fingerprint density at radius 3 is 1.88 bits per heavy atom. The number of para-hydroxylation sites is 1. The molecule has 0 unspecified atom stereocenters. The summed E-state index contributed by atoms with van der Waals surface area (Å²) in [6.07, 6.45) is -9.54. The summed E-state index contributed by atoms with van der Waals surface area (Å²) in [4.78, 5) is 25.6. The highest BCUT2D eigenvalue weighted by molar-refractivity contribution is 5.92. The largest absolute Gasteiger partial charge is 0.453 e. The quantitative estimate of drug-likeness (QED) is 0.120. The lowest BCUT2D eigenvalue weighted by molar-refractivity contribution is -0.154. The van der Waals surface area contributed by atoms with Crippen LogP contribution in [0.1, 0.15) is 21.7 Å². The predicted octanol–water partition coefficient (Wildman–Crippen LogP) is 8.51. The van der Waals surface area contributed by atoms with Crippen molar-refractivity contribution in [2.24, 2.45) is 0 Å². The van der Waals surface area contributed by atoms with E-state index < -0.39 is 46.4 Å². The topological polar surface area (TPSA) is 65.7 Å². The number of carbonyl (C=O) groups excluding carboxylic acids is 1. The second-order valence-electron chi connectivity index (χ2n) is 8.70. The first-order valence-electron chi connectivity index (χ1n) is 11.8. The summed E-state index contributed by atoms with van der Waals surface area (Å²) in [6.45, 7) is 0. The predicted molar refractivity (Wildman–Crippen MR) is 136 cm³/mol. The molecule has 0 atom stereocenters. The van der Waals surface area contributed by atoms with Crippen LogP contribution in [0.15, 0.2) is 106 Å². The Balaban J connectivity index is 1.39. The van der Waals surface area contributed by atoms with Crippen LogP contribution in [0, 0.1) is 0 Å². The van der Waals surface area contributed by atoms with E-state index in [9.17, 15) is 35.9 Å². The fraction of sp³-hybridized carbons (Fsp3) is 0.0667. The molecule has 41 heavy (non-hydrogen) atoms. The van der Waals surface area contributed by atoms with Crippen molar-refractivity contribution in [1.29, 1.82) is 0 Å². The molecular weight excluding hydrogens is 554 g/mol. The van der Waals surface area contributed by atoms with E-state index >= 15 is 0 Å². The van der Waals surface area contributed by atoms with Gasteiger partial charge in [-0.1, -0.05) is 42.5 Å².